The molecule has 0 aromatic carbocycles. The normalized spacial score (nSPS) is 11.5. The fourth-order valence-corrected chi connectivity index (χ4v) is 5.58. The van der Waals surface area contributed by atoms with Crippen molar-refractivity contribution >= 4 is 23.5 Å². The van der Waals surface area contributed by atoms with Gasteiger partial charge in [-0.2, -0.15) is 21.0 Å². The van der Waals surface area contributed by atoms with E-state index in [1.54, 1.807) is 23.5 Å². The highest BCUT2D eigenvalue weighted by atomic mass is 32.1. The van der Waals surface area contributed by atoms with Gasteiger partial charge in [-0.25, -0.2) is 0 Å². The summed E-state index contributed by atoms with van der Waals surface area (Å²) >= 11 is 1.56. The standard InChI is InChI=1S/C28H24N6O2S/c1-3-9-33-21(13-19(15-29)16-30)5-7-23(33)27-25-26(36-12-11-35-25)28(37-27)24-8-6-22(34(24)10-4-2)14-20(17-31)18-32/h5-8,13-14H,3-4,9-12H2,1-2H3. The molecule has 1 aliphatic rings. The van der Waals surface area contributed by atoms with Crippen molar-refractivity contribution < 1.29 is 9.47 Å². The van der Waals surface area contributed by atoms with Gasteiger partial charge in [-0.15, -0.1) is 11.3 Å². The minimum atomic E-state index is 0.0440. The zero-order chi connectivity index (χ0) is 26.4. The molecule has 0 saturated heterocycles. The van der Waals surface area contributed by atoms with E-state index in [2.05, 4.69) is 23.0 Å². The zero-order valence-corrected chi connectivity index (χ0v) is 21.4. The lowest BCUT2D eigenvalue weighted by molar-refractivity contribution is 0.174. The van der Waals surface area contributed by atoms with Crippen molar-refractivity contribution in [2.75, 3.05) is 13.2 Å². The number of nitrogens with zero attached hydrogens (tertiary/aromatic N) is 6. The third kappa shape index (κ3) is 4.87. The number of ether oxygens (including phenoxy) is 2. The molecule has 0 bridgehead atoms. The first-order valence-corrected chi connectivity index (χ1v) is 12.8. The molecule has 3 aromatic rings. The van der Waals surface area contributed by atoms with E-state index in [4.69, 9.17) is 9.47 Å². The van der Waals surface area contributed by atoms with Gasteiger partial charge in [0.2, 0.25) is 0 Å². The summed E-state index contributed by atoms with van der Waals surface area (Å²) in [6.07, 6.45) is 4.93. The molecule has 1 aliphatic heterocycles. The molecule has 0 fully saturated rings. The summed E-state index contributed by atoms with van der Waals surface area (Å²) in [5.74, 6) is 1.35. The van der Waals surface area contributed by atoms with E-state index >= 15 is 0 Å². The van der Waals surface area contributed by atoms with Crippen molar-refractivity contribution in [2.45, 2.75) is 39.8 Å². The van der Waals surface area contributed by atoms with Crippen LogP contribution in [0, 0.1) is 45.3 Å². The Labute approximate surface area is 219 Å². The quantitative estimate of drug-likeness (QED) is 0.337. The topological polar surface area (TPSA) is 123 Å². The van der Waals surface area contributed by atoms with Gasteiger partial charge in [0.15, 0.2) is 11.5 Å². The van der Waals surface area contributed by atoms with E-state index in [1.807, 2.05) is 48.5 Å². The smallest absolute Gasteiger partial charge is 0.182 e. The van der Waals surface area contributed by atoms with Crippen molar-refractivity contribution in [3.8, 4) is 56.9 Å². The Bertz CT molecular complexity index is 1410. The molecule has 0 N–H and O–H groups in total. The molecular formula is C28H24N6O2S. The highest BCUT2D eigenvalue weighted by Crippen LogP contribution is 2.54. The first-order chi connectivity index (χ1) is 18.1. The van der Waals surface area contributed by atoms with Crippen LogP contribution in [0.4, 0.5) is 0 Å². The van der Waals surface area contributed by atoms with Crippen molar-refractivity contribution in [1.82, 2.24) is 9.13 Å². The molecule has 0 atom stereocenters. The second-order valence-electron chi connectivity index (χ2n) is 8.27. The number of thiophene rings is 1. The molecule has 0 spiro atoms. The fraction of sp³-hybridized carbons (Fsp3) is 0.286. The lowest BCUT2D eigenvalue weighted by Gasteiger charge is -2.18. The average Bonchev–Trinajstić information content (AvgIpc) is 3.61. The molecule has 0 unspecified atom stereocenters. The molecular weight excluding hydrogens is 484 g/mol. The van der Waals surface area contributed by atoms with Gasteiger partial charge in [0.25, 0.3) is 0 Å². The lowest BCUT2D eigenvalue weighted by Crippen LogP contribution is -2.15. The minimum Gasteiger partial charge on any atom is -0.485 e. The maximum absolute atomic E-state index is 9.25. The van der Waals surface area contributed by atoms with Crippen LogP contribution in [0.25, 0.3) is 33.3 Å². The fourth-order valence-electron chi connectivity index (χ4n) is 4.32. The van der Waals surface area contributed by atoms with E-state index in [0.29, 0.717) is 37.8 Å². The number of hydrogen-bond acceptors (Lipinski definition) is 7. The summed E-state index contributed by atoms with van der Waals surface area (Å²) in [7, 11) is 0. The van der Waals surface area contributed by atoms with Gasteiger partial charge < -0.3 is 18.6 Å². The summed E-state index contributed by atoms with van der Waals surface area (Å²) < 4.78 is 16.4. The second kappa shape index (κ2) is 11.4. The van der Waals surface area contributed by atoms with Crippen molar-refractivity contribution in [3.05, 3.63) is 46.8 Å². The van der Waals surface area contributed by atoms with Crippen molar-refractivity contribution in [1.29, 1.82) is 21.0 Å². The number of hydrogen-bond donors (Lipinski definition) is 0. The van der Waals surface area contributed by atoms with Gasteiger partial charge in [0.05, 0.1) is 21.1 Å². The van der Waals surface area contributed by atoms with Crippen LogP contribution in [0.2, 0.25) is 0 Å². The van der Waals surface area contributed by atoms with Crippen LogP contribution in [0.15, 0.2) is 35.4 Å². The summed E-state index contributed by atoms with van der Waals surface area (Å²) in [6.45, 7) is 6.42. The third-order valence-corrected chi connectivity index (χ3v) is 7.05. The van der Waals surface area contributed by atoms with Gasteiger partial charge in [-0.3, -0.25) is 0 Å². The molecule has 3 aromatic heterocycles. The Balaban J connectivity index is 1.91. The van der Waals surface area contributed by atoms with Crippen LogP contribution in [-0.2, 0) is 13.1 Å². The lowest BCUT2D eigenvalue weighted by atomic mass is 10.2. The SMILES string of the molecule is CCCn1c(C=C(C#N)C#N)ccc1-c1sc(-c2ccc(C=C(C#N)C#N)n2CCC)c2c1OCCO2. The van der Waals surface area contributed by atoms with Crippen LogP contribution in [0.3, 0.4) is 0 Å². The van der Waals surface area contributed by atoms with E-state index < -0.39 is 0 Å². The highest BCUT2D eigenvalue weighted by molar-refractivity contribution is 7.19. The van der Waals surface area contributed by atoms with E-state index in [0.717, 1.165) is 45.4 Å². The molecule has 184 valence electrons. The Morgan fingerprint density at radius 3 is 1.51 bits per heavy atom. The van der Waals surface area contributed by atoms with E-state index in [1.165, 1.54) is 0 Å². The summed E-state index contributed by atoms with van der Waals surface area (Å²) in [6, 6.07) is 15.5. The van der Waals surface area contributed by atoms with Crippen molar-refractivity contribution in [2.24, 2.45) is 0 Å². The molecule has 4 heterocycles. The predicted octanol–water partition coefficient (Wildman–Crippen LogP) is 6.14. The van der Waals surface area contributed by atoms with Crippen LogP contribution >= 0.6 is 11.3 Å². The number of aromatic nitrogens is 2. The Hall–Kier alpha value is -4.70. The summed E-state index contributed by atoms with van der Waals surface area (Å²) in [5.41, 5.74) is 3.48. The number of nitriles is 4. The Morgan fingerprint density at radius 2 is 1.16 bits per heavy atom. The van der Waals surface area contributed by atoms with Gasteiger partial charge in [0, 0.05) is 24.5 Å². The molecule has 0 amide bonds. The van der Waals surface area contributed by atoms with E-state index in [9.17, 15) is 21.0 Å². The van der Waals surface area contributed by atoms with Gasteiger partial charge in [-0.05, 0) is 49.3 Å². The second-order valence-corrected chi connectivity index (χ2v) is 9.29. The summed E-state index contributed by atoms with van der Waals surface area (Å²) in [5, 5.41) is 37.0. The van der Waals surface area contributed by atoms with Crippen molar-refractivity contribution in [3.63, 3.8) is 0 Å². The van der Waals surface area contributed by atoms with Crippen LogP contribution in [0.1, 0.15) is 38.1 Å². The number of allylic oxidation sites excluding steroid dienone is 2. The first-order valence-electron chi connectivity index (χ1n) is 12.0. The average molecular weight is 509 g/mol. The van der Waals surface area contributed by atoms with E-state index in [-0.39, 0.29) is 11.1 Å². The molecule has 8 nitrogen and oxygen atoms in total. The predicted molar refractivity (Wildman–Crippen MR) is 141 cm³/mol. The third-order valence-electron chi connectivity index (χ3n) is 5.85. The van der Waals surface area contributed by atoms with Gasteiger partial charge in [-0.1, -0.05) is 13.8 Å². The number of rotatable bonds is 8. The molecule has 37 heavy (non-hydrogen) atoms. The molecule has 4 rings (SSSR count). The molecule has 0 saturated carbocycles. The Kier molecular flexibility index (Phi) is 7.80. The Morgan fingerprint density at radius 1 is 0.757 bits per heavy atom. The van der Waals surface area contributed by atoms with Gasteiger partial charge >= 0.3 is 0 Å². The maximum atomic E-state index is 9.25. The monoisotopic (exact) mass is 508 g/mol. The first kappa shape index (κ1) is 25.4. The highest BCUT2D eigenvalue weighted by Gasteiger charge is 2.29. The largest absolute Gasteiger partial charge is 0.485 e. The maximum Gasteiger partial charge on any atom is 0.182 e. The molecule has 0 radical (unpaired) electrons. The van der Waals surface area contributed by atoms with Crippen LogP contribution in [-0.4, -0.2) is 22.3 Å². The summed E-state index contributed by atoms with van der Waals surface area (Å²) in [4.78, 5) is 1.81. The van der Waals surface area contributed by atoms with Gasteiger partial charge in [0.1, 0.15) is 48.6 Å². The molecule has 9 heteroatoms. The zero-order valence-electron chi connectivity index (χ0n) is 20.6. The molecule has 0 aliphatic carbocycles. The van der Waals surface area contributed by atoms with Crippen LogP contribution < -0.4 is 9.47 Å². The van der Waals surface area contributed by atoms with Crippen LogP contribution in [0.5, 0.6) is 11.5 Å². The number of fused-ring (bicyclic) bond motifs is 1. The minimum absolute atomic E-state index is 0.0440.